The maximum absolute atomic E-state index is 12.1. The van der Waals surface area contributed by atoms with Gasteiger partial charge in [-0.3, -0.25) is 4.79 Å². The van der Waals surface area contributed by atoms with Gasteiger partial charge in [-0.25, -0.2) is 4.68 Å². The summed E-state index contributed by atoms with van der Waals surface area (Å²) >= 11 is 6.14. The van der Waals surface area contributed by atoms with Gasteiger partial charge in [0.1, 0.15) is 5.02 Å². The van der Waals surface area contributed by atoms with E-state index in [1.54, 1.807) is 6.20 Å². The fourth-order valence-electron chi connectivity index (χ4n) is 2.22. The largest absolute Gasteiger partial charge is 0.380 e. The molecule has 1 fully saturated rings. The highest BCUT2D eigenvalue weighted by Gasteiger charge is 2.24. The molecule has 0 bridgehead atoms. The Bertz CT molecular complexity index is 494. The number of nitrogens with one attached hydrogen (secondary N) is 1. The van der Waals surface area contributed by atoms with Crippen molar-refractivity contribution < 1.29 is 0 Å². The van der Waals surface area contributed by atoms with E-state index in [1.807, 2.05) is 13.8 Å². The van der Waals surface area contributed by atoms with Gasteiger partial charge in [0, 0.05) is 12.6 Å². The fraction of sp³-hybridized carbons (Fsp3) is 0.714. The standard InChI is InChI=1S/C14H22ClN3O/c1-9(2)8-18-14(19)13(15)12(7-16-18)17-10(3)6-11-4-5-11/h7,9-11,17H,4-6,8H2,1-3H3. The molecule has 1 N–H and O–H groups in total. The van der Waals surface area contributed by atoms with Crippen LogP contribution < -0.4 is 10.9 Å². The summed E-state index contributed by atoms with van der Waals surface area (Å²) in [5, 5.41) is 7.73. The molecule has 1 heterocycles. The number of hydrogen-bond donors (Lipinski definition) is 1. The lowest BCUT2D eigenvalue weighted by atomic mass is 10.1. The molecule has 0 saturated heterocycles. The summed E-state index contributed by atoms with van der Waals surface area (Å²) in [6.07, 6.45) is 5.45. The van der Waals surface area contributed by atoms with E-state index in [0.717, 1.165) is 12.3 Å². The van der Waals surface area contributed by atoms with E-state index in [1.165, 1.54) is 17.5 Å². The second kappa shape index (κ2) is 5.95. The predicted molar refractivity (Wildman–Crippen MR) is 78.8 cm³/mol. The van der Waals surface area contributed by atoms with Crippen LogP contribution in [-0.4, -0.2) is 15.8 Å². The summed E-state index contributed by atoms with van der Waals surface area (Å²) in [4.78, 5) is 12.1. The van der Waals surface area contributed by atoms with Crippen molar-refractivity contribution in [1.29, 1.82) is 0 Å². The maximum Gasteiger partial charge on any atom is 0.287 e. The minimum absolute atomic E-state index is 0.209. The highest BCUT2D eigenvalue weighted by Crippen LogP contribution is 2.34. The lowest BCUT2D eigenvalue weighted by Gasteiger charge is -2.16. The number of aromatic nitrogens is 2. The molecule has 2 rings (SSSR count). The second-order valence-electron chi connectivity index (χ2n) is 5.98. The van der Waals surface area contributed by atoms with Crippen LogP contribution in [0.15, 0.2) is 11.0 Å². The van der Waals surface area contributed by atoms with Crippen LogP contribution in [0.25, 0.3) is 0 Å². The van der Waals surface area contributed by atoms with Crippen LogP contribution in [0.2, 0.25) is 5.02 Å². The van der Waals surface area contributed by atoms with Crippen molar-refractivity contribution in [2.75, 3.05) is 5.32 Å². The smallest absolute Gasteiger partial charge is 0.287 e. The molecule has 4 nitrogen and oxygen atoms in total. The van der Waals surface area contributed by atoms with Gasteiger partial charge in [0.15, 0.2) is 0 Å². The Morgan fingerprint density at radius 3 is 2.74 bits per heavy atom. The van der Waals surface area contributed by atoms with E-state index in [4.69, 9.17) is 11.6 Å². The molecule has 0 amide bonds. The molecule has 0 spiro atoms. The molecular weight excluding hydrogens is 262 g/mol. The van der Waals surface area contributed by atoms with Crippen LogP contribution in [0.5, 0.6) is 0 Å². The van der Waals surface area contributed by atoms with E-state index >= 15 is 0 Å². The van der Waals surface area contributed by atoms with Gasteiger partial charge in [0.25, 0.3) is 5.56 Å². The summed E-state index contributed by atoms with van der Waals surface area (Å²) in [5.74, 6) is 1.21. The maximum atomic E-state index is 12.1. The van der Waals surface area contributed by atoms with Gasteiger partial charge in [-0.15, -0.1) is 0 Å². The third-order valence-electron chi connectivity index (χ3n) is 3.31. The zero-order valence-corrected chi connectivity index (χ0v) is 12.6. The predicted octanol–water partition coefficient (Wildman–Crippen LogP) is 3.15. The van der Waals surface area contributed by atoms with Crippen LogP contribution in [0.4, 0.5) is 5.69 Å². The van der Waals surface area contributed by atoms with E-state index in [9.17, 15) is 4.79 Å². The van der Waals surface area contributed by atoms with Crippen molar-refractivity contribution in [3.63, 3.8) is 0 Å². The van der Waals surface area contributed by atoms with Crippen LogP contribution in [0.3, 0.4) is 0 Å². The van der Waals surface area contributed by atoms with E-state index < -0.39 is 0 Å². The van der Waals surface area contributed by atoms with Crippen molar-refractivity contribution in [1.82, 2.24) is 9.78 Å². The zero-order valence-electron chi connectivity index (χ0n) is 11.8. The zero-order chi connectivity index (χ0) is 14.0. The van der Waals surface area contributed by atoms with Gasteiger partial charge in [-0.1, -0.05) is 38.3 Å². The van der Waals surface area contributed by atoms with Crippen molar-refractivity contribution in [3.8, 4) is 0 Å². The second-order valence-corrected chi connectivity index (χ2v) is 6.36. The molecule has 1 aliphatic carbocycles. The summed E-state index contributed by atoms with van der Waals surface area (Å²) in [7, 11) is 0. The monoisotopic (exact) mass is 283 g/mol. The molecule has 1 aromatic heterocycles. The molecule has 1 aliphatic rings. The SMILES string of the molecule is CC(C)Cn1ncc(NC(C)CC2CC2)c(Cl)c1=O. The first kappa shape index (κ1) is 14.4. The Labute approximate surface area is 119 Å². The molecule has 5 heteroatoms. The van der Waals surface area contributed by atoms with E-state index in [-0.39, 0.29) is 10.6 Å². The molecule has 0 aliphatic heterocycles. The summed E-state index contributed by atoms with van der Waals surface area (Å²) in [6.45, 7) is 6.81. The normalized spacial score (nSPS) is 16.7. The Kier molecular flexibility index (Phi) is 4.50. The molecular formula is C14H22ClN3O. The first-order chi connectivity index (χ1) is 8.97. The van der Waals surface area contributed by atoms with Crippen molar-refractivity contribution in [2.24, 2.45) is 11.8 Å². The van der Waals surface area contributed by atoms with Crippen LogP contribution in [0, 0.1) is 11.8 Å². The molecule has 1 unspecified atom stereocenters. The Hall–Kier alpha value is -1.03. The third kappa shape index (κ3) is 3.96. The lowest BCUT2D eigenvalue weighted by molar-refractivity contribution is 0.464. The average Bonchev–Trinajstić information content (AvgIpc) is 3.12. The summed E-state index contributed by atoms with van der Waals surface area (Å²) in [6, 6.07) is 0.326. The Morgan fingerprint density at radius 1 is 1.47 bits per heavy atom. The summed E-state index contributed by atoms with van der Waals surface area (Å²) in [5.41, 5.74) is 0.443. The first-order valence-corrected chi connectivity index (χ1v) is 7.37. The molecule has 0 aromatic carbocycles. The minimum Gasteiger partial charge on any atom is -0.380 e. The highest BCUT2D eigenvalue weighted by molar-refractivity contribution is 6.32. The number of hydrogen-bond acceptors (Lipinski definition) is 3. The Morgan fingerprint density at radius 2 is 2.16 bits per heavy atom. The molecule has 1 atom stereocenters. The number of nitrogens with zero attached hydrogens (tertiary/aromatic N) is 2. The fourth-order valence-corrected chi connectivity index (χ4v) is 2.42. The number of anilines is 1. The van der Waals surface area contributed by atoms with Crippen LogP contribution in [-0.2, 0) is 6.54 Å². The minimum atomic E-state index is -0.209. The van der Waals surface area contributed by atoms with Crippen molar-refractivity contribution in [2.45, 2.75) is 52.6 Å². The van der Waals surface area contributed by atoms with Crippen LogP contribution >= 0.6 is 11.6 Å². The number of rotatable bonds is 6. The summed E-state index contributed by atoms with van der Waals surface area (Å²) < 4.78 is 1.43. The highest BCUT2D eigenvalue weighted by atomic mass is 35.5. The van der Waals surface area contributed by atoms with Gasteiger partial charge in [-0.05, 0) is 25.2 Å². The third-order valence-corrected chi connectivity index (χ3v) is 3.67. The van der Waals surface area contributed by atoms with Gasteiger partial charge in [0.05, 0.1) is 11.9 Å². The Balaban J connectivity index is 2.08. The van der Waals surface area contributed by atoms with Crippen LogP contribution in [0.1, 0.15) is 40.0 Å². The van der Waals surface area contributed by atoms with Crippen molar-refractivity contribution >= 4 is 17.3 Å². The van der Waals surface area contributed by atoms with E-state index in [0.29, 0.717) is 24.2 Å². The first-order valence-electron chi connectivity index (χ1n) is 6.99. The van der Waals surface area contributed by atoms with Gasteiger partial charge in [0.2, 0.25) is 0 Å². The van der Waals surface area contributed by atoms with Gasteiger partial charge < -0.3 is 5.32 Å². The molecule has 1 aromatic rings. The quantitative estimate of drug-likeness (QED) is 0.872. The van der Waals surface area contributed by atoms with Gasteiger partial charge >= 0.3 is 0 Å². The van der Waals surface area contributed by atoms with Crippen molar-refractivity contribution in [3.05, 3.63) is 21.6 Å². The molecule has 0 radical (unpaired) electrons. The number of halogens is 1. The topological polar surface area (TPSA) is 46.9 Å². The molecule has 19 heavy (non-hydrogen) atoms. The molecule has 106 valence electrons. The molecule has 1 saturated carbocycles. The average molecular weight is 284 g/mol. The van der Waals surface area contributed by atoms with E-state index in [2.05, 4.69) is 17.3 Å². The van der Waals surface area contributed by atoms with Gasteiger partial charge in [-0.2, -0.15) is 5.10 Å². The lowest BCUT2D eigenvalue weighted by Crippen LogP contribution is -2.27.